The standard InChI is InChI=1S/C21H35N3O4S/c1-5-28-19-8-10-20(11-9-19)29(26,27)24-14-12-23(13-15-24)16-21(25)22-18(4)7-6-17(2)3/h8-11,17-18H,5-7,12-16H2,1-4H3,(H,22,25)/t18-/m0/s1. The highest BCUT2D eigenvalue weighted by atomic mass is 32.2. The van der Waals surface area contributed by atoms with Crippen molar-refractivity contribution in [1.29, 1.82) is 0 Å². The van der Waals surface area contributed by atoms with Gasteiger partial charge in [-0.05, 0) is 56.9 Å². The summed E-state index contributed by atoms with van der Waals surface area (Å²) in [7, 11) is -3.53. The number of carbonyl (C=O) groups is 1. The molecule has 0 unspecified atom stereocenters. The van der Waals surface area contributed by atoms with E-state index in [9.17, 15) is 13.2 Å². The second kappa shape index (κ2) is 10.9. The Labute approximate surface area is 175 Å². The van der Waals surface area contributed by atoms with Crippen molar-refractivity contribution in [3.63, 3.8) is 0 Å². The molecular weight excluding hydrogens is 390 g/mol. The van der Waals surface area contributed by atoms with Crippen molar-refractivity contribution in [1.82, 2.24) is 14.5 Å². The lowest BCUT2D eigenvalue weighted by molar-refractivity contribution is -0.123. The number of rotatable bonds is 10. The van der Waals surface area contributed by atoms with Gasteiger partial charge in [-0.1, -0.05) is 13.8 Å². The molecule has 0 radical (unpaired) electrons. The zero-order valence-corrected chi connectivity index (χ0v) is 18.9. The summed E-state index contributed by atoms with van der Waals surface area (Å²) >= 11 is 0. The predicted molar refractivity (Wildman–Crippen MR) is 114 cm³/mol. The Balaban J connectivity index is 1.82. The van der Waals surface area contributed by atoms with Crippen molar-refractivity contribution in [2.45, 2.75) is 51.5 Å². The van der Waals surface area contributed by atoms with Crippen molar-refractivity contribution in [3.05, 3.63) is 24.3 Å². The Morgan fingerprint density at radius 2 is 1.69 bits per heavy atom. The molecular formula is C21H35N3O4S. The molecule has 1 aromatic rings. The van der Waals surface area contributed by atoms with Gasteiger partial charge in [0.25, 0.3) is 0 Å². The third kappa shape index (κ3) is 7.28. The predicted octanol–water partition coefficient (Wildman–Crippen LogP) is 2.33. The Morgan fingerprint density at radius 3 is 2.24 bits per heavy atom. The first-order valence-corrected chi connectivity index (χ1v) is 11.9. The zero-order chi connectivity index (χ0) is 21.4. The Kier molecular flexibility index (Phi) is 8.92. The van der Waals surface area contributed by atoms with Crippen molar-refractivity contribution in [2.75, 3.05) is 39.3 Å². The maximum atomic E-state index is 12.8. The molecule has 0 bridgehead atoms. The van der Waals surface area contributed by atoms with Crippen molar-refractivity contribution < 1.29 is 17.9 Å². The van der Waals surface area contributed by atoms with Crippen LogP contribution in [0.5, 0.6) is 5.75 Å². The molecule has 0 spiro atoms. The van der Waals surface area contributed by atoms with E-state index in [4.69, 9.17) is 4.74 Å². The lowest BCUT2D eigenvalue weighted by atomic mass is 10.0. The SMILES string of the molecule is CCOc1ccc(S(=O)(=O)N2CCN(CC(=O)N[C@@H](C)CCC(C)C)CC2)cc1. The minimum absolute atomic E-state index is 0.00377. The van der Waals surface area contributed by atoms with Gasteiger partial charge in [-0.15, -0.1) is 0 Å². The van der Waals surface area contributed by atoms with E-state index in [1.165, 1.54) is 4.31 Å². The molecule has 0 saturated carbocycles. The third-order valence-corrected chi connectivity index (χ3v) is 6.97. The van der Waals surface area contributed by atoms with E-state index in [1.54, 1.807) is 24.3 Å². The summed E-state index contributed by atoms with van der Waals surface area (Å²) < 4.78 is 32.5. The van der Waals surface area contributed by atoms with Gasteiger partial charge >= 0.3 is 0 Å². The van der Waals surface area contributed by atoms with E-state index in [1.807, 2.05) is 18.7 Å². The molecule has 0 aromatic heterocycles. The number of benzene rings is 1. The van der Waals surface area contributed by atoms with E-state index in [0.717, 1.165) is 12.8 Å². The van der Waals surface area contributed by atoms with Gasteiger partial charge in [0.2, 0.25) is 15.9 Å². The molecule has 1 amide bonds. The monoisotopic (exact) mass is 425 g/mol. The summed E-state index contributed by atoms with van der Waals surface area (Å²) in [5.41, 5.74) is 0. The number of amides is 1. The van der Waals surface area contributed by atoms with Crippen LogP contribution < -0.4 is 10.1 Å². The molecule has 1 aliphatic rings. The van der Waals surface area contributed by atoms with Gasteiger partial charge in [0.15, 0.2) is 0 Å². The van der Waals surface area contributed by atoms with E-state index >= 15 is 0 Å². The largest absolute Gasteiger partial charge is 0.494 e. The number of carbonyl (C=O) groups excluding carboxylic acids is 1. The number of sulfonamides is 1. The Bertz CT molecular complexity index is 742. The molecule has 7 nitrogen and oxygen atoms in total. The van der Waals surface area contributed by atoms with Gasteiger partial charge in [-0.2, -0.15) is 4.31 Å². The highest BCUT2D eigenvalue weighted by molar-refractivity contribution is 7.89. The number of hydrogen-bond donors (Lipinski definition) is 1. The minimum Gasteiger partial charge on any atom is -0.494 e. The van der Waals surface area contributed by atoms with Gasteiger partial charge in [0.05, 0.1) is 18.0 Å². The molecule has 0 aliphatic carbocycles. The fraction of sp³-hybridized carbons (Fsp3) is 0.667. The average molecular weight is 426 g/mol. The number of hydrogen-bond acceptors (Lipinski definition) is 5. The Hall–Kier alpha value is -1.64. The van der Waals surface area contributed by atoms with E-state index in [2.05, 4.69) is 19.2 Å². The normalized spacial score (nSPS) is 17.3. The molecule has 2 rings (SSSR count). The van der Waals surface area contributed by atoms with E-state index in [-0.39, 0.29) is 16.8 Å². The molecule has 1 fully saturated rings. The van der Waals surface area contributed by atoms with Crippen LogP contribution in [-0.2, 0) is 14.8 Å². The van der Waals surface area contributed by atoms with Crippen molar-refractivity contribution >= 4 is 15.9 Å². The molecule has 164 valence electrons. The second-order valence-electron chi connectivity index (χ2n) is 8.02. The van der Waals surface area contributed by atoms with Crippen LogP contribution in [0.3, 0.4) is 0 Å². The van der Waals surface area contributed by atoms with Gasteiger partial charge in [-0.3, -0.25) is 9.69 Å². The van der Waals surface area contributed by atoms with Crippen LogP contribution in [0, 0.1) is 5.92 Å². The smallest absolute Gasteiger partial charge is 0.243 e. The average Bonchev–Trinajstić information content (AvgIpc) is 2.67. The van der Waals surface area contributed by atoms with Gasteiger partial charge in [0, 0.05) is 32.2 Å². The molecule has 8 heteroatoms. The topological polar surface area (TPSA) is 79.0 Å². The van der Waals surface area contributed by atoms with Crippen LogP contribution in [-0.4, -0.2) is 68.9 Å². The molecule has 29 heavy (non-hydrogen) atoms. The highest BCUT2D eigenvalue weighted by Gasteiger charge is 2.29. The summed E-state index contributed by atoms with van der Waals surface area (Å²) in [6.07, 6.45) is 2.06. The third-order valence-electron chi connectivity index (χ3n) is 5.06. The van der Waals surface area contributed by atoms with Crippen LogP contribution in [0.1, 0.15) is 40.5 Å². The molecule has 1 heterocycles. The van der Waals surface area contributed by atoms with Crippen molar-refractivity contribution in [2.24, 2.45) is 5.92 Å². The summed E-state index contributed by atoms with van der Waals surface area (Å²) in [5.74, 6) is 1.29. The lowest BCUT2D eigenvalue weighted by Crippen LogP contribution is -2.51. The molecule has 1 saturated heterocycles. The van der Waals surface area contributed by atoms with Crippen LogP contribution in [0.4, 0.5) is 0 Å². The number of piperazine rings is 1. The molecule has 1 aliphatic heterocycles. The van der Waals surface area contributed by atoms with Crippen LogP contribution in [0.15, 0.2) is 29.2 Å². The maximum absolute atomic E-state index is 12.8. The lowest BCUT2D eigenvalue weighted by Gasteiger charge is -2.33. The van der Waals surface area contributed by atoms with E-state index < -0.39 is 10.0 Å². The van der Waals surface area contributed by atoms with Crippen molar-refractivity contribution in [3.8, 4) is 5.75 Å². The van der Waals surface area contributed by atoms with E-state index in [0.29, 0.717) is 51.0 Å². The number of ether oxygens (including phenoxy) is 1. The maximum Gasteiger partial charge on any atom is 0.243 e. The molecule has 1 N–H and O–H groups in total. The van der Waals surface area contributed by atoms with Crippen LogP contribution in [0.2, 0.25) is 0 Å². The zero-order valence-electron chi connectivity index (χ0n) is 18.1. The Morgan fingerprint density at radius 1 is 1.07 bits per heavy atom. The summed E-state index contributed by atoms with van der Waals surface area (Å²) in [4.78, 5) is 14.5. The van der Waals surface area contributed by atoms with Crippen LogP contribution in [0.25, 0.3) is 0 Å². The first-order chi connectivity index (χ1) is 13.7. The van der Waals surface area contributed by atoms with Gasteiger partial charge in [-0.25, -0.2) is 8.42 Å². The van der Waals surface area contributed by atoms with Gasteiger partial charge in [0.1, 0.15) is 5.75 Å². The quantitative estimate of drug-likeness (QED) is 0.622. The first kappa shape index (κ1) is 23.6. The first-order valence-electron chi connectivity index (χ1n) is 10.5. The summed E-state index contributed by atoms with van der Waals surface area (Å²) in [6.45, 7) is 11.0. The molecule has 1 aromatic carbocycles. The fourth-order valence-corrected chi connectivity index (χ4v) is 4.75. The molecule has 1 atom stereocenters. The second-order valence-corrected chi connectivity index (χ2v) is 9.96. The fourth-order valence-electron chi connectivity index (χ4n) is 3.33. The minimum atomic E-state index is -3.53. The van der Waals surface area contributed by atoms with Crippen LogP contribution >= 0.6 is 0 Å². The number of nitrogens with zero attached hydrogens (tertiary/aromatic N) is 2. The summed E-state index contributed by atoms with van der Waals surface area (Å²) in [5, 5.41) is 3.04. The highest BCUT2D eigenvalue weighted by Crippen LogP contribution is 2.21. The van der Waals surface area contributed by atoms with Gasteiger partial charge < -0.3 is 10.1 Å². The number of nitrogens with one attached hydrogen (secondary N) is 1. The summed E-state index contributed by atoms with van der Waals surface area (Å²) in [6, 6.07) is 6.68.